The zero-order chi connectivity index (χ0) is 17.6. The molecule has 8 heteroatoms. The molecule has 0 aliphatic carbocycles. The molecule has 0 aromatic heterocycles. The summed E-state index contributed by atoms with van der Waals surface area (Å²) in [5.41, 5.74) is 0.409. The molecular weight excluding hydrogens is 350 g/mol. The van der Waals surface area contributed by atoms with Gasteiger partial charge in [0.05, 0.1) is 16.3 Å². The van der Waals surface area contributed by atoms with Crippen LogP contribution >= 0.6 is 11.6 Å². The van der Waals surface area contributed by atoms with E-state index in [1.54, 1.807) is 29.2 Å². The first-order chi connectivity index (χ1) is 11.5. The molecule has 1 aromatic rings. The van der Waals surface area contributed by atoms with E-state index in [2.05, 4.69) is 5.32 Å². The lowest BCUT2D eigenvalue weighted by atomic mass is 10.2. The predicted octanol–water partition coefficient (Wildman–Crippen LogP) is 1.43. The molecule has 6 nitrogen and oxygen atoms in total. The van der Waals surface area contributed by atoms with Gasteiger partial charge in [-0.25, -0.2) is 8.42 Å². The van der Waals surface area contributed by atoms with Crippen molar-refractivity contribution in [3.63, 3.8) is 0 Å². The molecule has 0 spiro atoms. The predicted molar refractivity (Wildman–Crippen MR) is 95.9 cm³/mol. The number of hydrogen-bond acceptors (Lipinski definition) is 4. The van der Waals surface area contributed by atoms with Crippen LogP contribution in [0.25, 0.3) is 0 Å². The molecule has 0 radical (unpaired) electrons. The Balaban J connectivity index is 2.05. The number of halogens is 1. The van der Waals surface area contributed by atoms with Crippen LogP contribution in [0.2, 0.25) is 5.02 Å². The Kier molecular flexibility index (Phi) is 7.03. The van der Waals surface area contributed by atoms with Crippen molar-refractivity contribution < 1.29 is 13.2 Å². The lowest BCUT2D eigenvalue weighted by Gasteiger charge is -2.28. The van der Waals surface area contributed by atoms with E-state index in [4.69, 9.17) is 11.6 Å². The van der Waals surface area contributed by atoms with Crippen molar-refractivity contribution in [3.05, 3.63) is 34.9 Å². The lowest BCUT2D eigenvalue weighted by molar-refractivity contribution is 0.0765. The molecule has 2 rings (SSSR count). The summed E-state index contributed by atoms with van der Waals surface area (Å²) < 4.78 is 26.4. The Hall–Kier alpha value is -1.15. The van der Waals surface area contributed by atoms with Gasteiger partial charge in [-0.2, -0.15) is 4.31 Å². The van der Waals surface area contributed by atoms with E-state index < -0.39 is 10.0 Å². The van der Waals surface area contributed by atoms with Gasteiger partial charge in [-0.3, -0.25) is 4.79 Å². The second-order valence-corrected chi connectivity index (χ2v) is 8.23. The van der Waals surface area contributed by atoms with E-state index in [1.807, 2.05) is 6.92 Å². The minimum atomic E-state index is -3.36. The number of nitrogens with one attached hydrogen (secondary N) is 1. The molecule has 1 heterocycles. The first-order valence-electron chi connectivity index (χ1n) is 8.18. The zero-order valence-electron chi connectivity index (χ0n) is 13.9. The number of amides is 1. The zero-order valence-corrected chi connectivity index (χ0v) is 15.4. The molecule has 1 aliphatic heterocycles. The largest absolute Gasteiger partial charge is 0.338 e. The van der Waals surface area contributed by atoms with Gasteiger partial charge >= 0.3 is 0 Å². The summed E-state index contributed by atoms with van der Waals surface area (Å²) >= 11 is 6.09. The molecule has 1 fully saturated rings. The van der Waals surface area contributed by atoms with E-state index in [-0.39, 0.29) is 18.2 Å². The molecule has 0 unspecified atom stereocenters. The van der Waals surface area contributed by atoms with Crippen LogP contribution in [0.3, 0.4) is 0 Å². The highest BCUT2D eigenvalue weighted by Crippen LogP contribution is 2.17. The van der Waals surface area contributed by atoms with Crippen LogP contribution in [-0.4, -0.2) is 68.6 Å². The summed E-state index contributed by atoms with van der Waals surface area (Å²) in [5, 5.41) is 3.52. The number of rotatable bonds is 7. The third-order valence-electron chi connectivity index (χ3n) is 3.97. The molecule has 0 atom stereocenters. The van der Waals surface area contributed by atoms with Crippen molar-refractivity contribution in [2.24, 2.45) is 0 Å². The number of sulfonamides is 1. The third kappa shape index (κ3) is 4.92. The first kappa shape index (κ1) is 19.2. The minimum absolute atomic E-state index is 0.0663. The van der Waals surface area contributed by atoms with Gasteiger partial charge in [0.25, 0.3) is 5.91 Å². The quantitative estimate of drug-likeness (QED) is 0.785. The van der Waals surface area contributed by atoms with E-state index in [1.165, 1.54) is 4.31 Å². The van der Waals surface area contributed by atoms with Crippen LogP contribution < -0.4 is 5.32 Å². The van der Waals surface area contributed by atoms with Crippen molar-refractivity contribution in [2.75, 3.05) is 45.0 Å². The summed E-state index contributed by atoms with van der Waals surface area (Å²) in [5.74, 6) is -0.290. The summed E-state index contributed by atoms with van der Waals surface area (Å²) in [4.78, 5) is 14.2. The Bertz CT molecular complexity index is 660. The Morgan fingerprint density at radius 1 is 1.25 bits per heavy atom. The maximum Gasteiger partial charge on any atom is 0.255 e. The molecule has 24 heavy (non-hydrogen) atoms. The van der Waals surface area contributed by atoms with Gasteiger partial charge < -0.3 is 10.2 Å². The highest BCUT2D eigenvalue weighted by Gasteiger charge is 2.26. The van der Waals surface area contributed by atoms with Crippen molar-refractivity contribution in [3.8, 4) is 0 Å². The monoisotopic (exact) mass is 373 g/mol. The SMILES string of the molecule is CCCN(CCS(=O)(=O)N1CCNCC1)C(=O)c1ccccc1Cl. The molecule has 1 amide bonds. The topological polar surface area (TPSA) is 69.7 Å². The molecule has 1 aliphatic rings. The lowest BCUT2D eigenvalue weighted by Crippen LogP contribution is -2.48. The highest BCUT2D eigenvalue weighted by molar-refractivity contribution is 7.89. The fraction of sp³-hybridized carbons (Fsp3) is 0.562. The molecule has 1 aromatic carbocycles. The van der Waals surface area contributed by atoms with Crippen LogP contribution in [0.5, 0.6) is 0 Å². The van der Waals surface area contributed by atoms with Crippen LogP contribution in [-0.2, 0) is 10.0 Å². The molecule has 0 saturated carbocycles. The van der Waals surface area contributed by atoms with Crippen LogP contribution in [0.1, 0.15) is 23.7 Å². The molecule has 134 valence electrons. The number of benzene rings is 1. The average molecular weight is 374 g/mol. The van der Waals surface area contributed by atoms with E-state index in [9.17, 15) is 13.2 Å². The van der Waals surface area contributed by atoms with Gasteiger partial charge in [0.2, 0.25) is 10.0 Å². The van der Waals surface area contributed by atoms with Gasteiger partial charge in [0.1, 0.15) is 0 Å². The number of nitrogens with zero attached hydrogens (tertiary/aromatic N) is 2. The fourth-order valence-corrected chi connectivity index (χ4v) is 4.33. The first-order valence-corrected chi connectivity index (χ1v) is 10.2. The molecular formula is C16H24ClN3O3S. The summed E-state index contributed by atoms with van der Waals surface area (Å²) in [6.45, 7) is 4.92. The number of piperazine rings is 1. The van der Waals surface area contributed by atoms with Crippen LogP contribution in [0.4, 0.5) is 0 Å². The van der Waals surface area contributed by atoms with Gasteiger partial charge in [-0.15, -0.1) is 0 Å². The summed E-state index contributed by atoms with van der Waals surface area (Å²) in [6.07, 6.45) is 0.754. The van der Waals surface area contributed by atoms with E-state index in [0.717, 1.165) is 6.42 Å². The maximum atomic E-state index is 12.7. The Morgan fingerprint density at radius 3 is 2.54 bits per heavy atom. The molecule has 0 bridgehead atoms. The maximum absolute atomic E-state index is 12.7. The molecule has 1 saturated heterocycles. The standard InChI is InChI=1S/C16H24ClN3O3S/c1-2-9-19(16(21)14-5-3-4-6-15(14)17)12-13-24(22,23)20-10-7-18-8-11-20/h3-6,18H,2,7-13H2,1H3. The Labute approximate surface area is 148 Å². The van der Waals surface area contributed by atoms with Crippen LogP contribution in [0.15, 0.2) is 24.3 Å². The van der Waals surface area contributed by atoms with E-state index in [0.29, 0.717) is 43.3 Å². The fourth-order valence-electron chi connectivity index (χ4n) is 2.67. The van der Waals surface area contributed by atoms with Crippen molar-refractivity contribution in [1.82, 2.24) is 14.5 Å². The van der Waals surface area contributed by atoms with Gasteiger partial charge in [0.15, 0.2) is 0 Å². The average Bonchev–Trinajstić information content (AvgIpc) is 2.59. The second kappa shape index (κ2) is 8.80. The number of hydrogen-bond donors (Lipinski definition) is 1. The summed E-state index contributed by atoms with van der Waals surface area (Å²) in [6, 6.07) is 6.84. The second-order valence-electron chi connectivity index (χ2n) is 5.74. The van der Waals surface area contributed by atoms with Crippen LogP contribution in [0, 0.1) is 0 Å². The van der Waals surface area contributed by atoms with Crippen molar-refractivity contribution in [2.45, 2.75) is 13.3 Å². The van der Waals surface area contributed by atoms with Gasteiger partial charge in [-0.1, -0.05) is 30.7 Å². The number of carbonyl (C=O) groups is 1. The van der Waals surface area contributed by atoms with Gasteiger partial charge in [-0.05, 0) is 18.6 Å². The third-order valence-corrected chi connectivity index (χ3v) is 6.15. The summed E-state index contributed by atoms with van der Waals surface area (Å²) in [7, 11) is -3.36. The van der Waals surface area contributed by atoms with Crippen molar-refractivity contribution in [1.29, 1.82) is 0 Å². The highest BCUT2D eigenvalue weighted by atomic mass is 35.5. The van der Waals surface area contributed by atoms with E-state index >= 15 is 0 Å². The molecule has 1 N–H and O–H groups in total. The smallest absolute Gasteiger partial charge is 0.255 e. The number of carbonyl (C=O) groups excluding carboxylic acids is 1. The normalized spacial score (nSPS) is 16.1. The Morgan fingerprint density at radius 2 is 1.92 bits per heavy atom. The minimum Gasteiger partial charge on any atom is -0.338 e. The van der Waals surface area contributed by atoms with Gasteiger partial charge in [0, 0.05) is 39.3 Å². The van der Waals surface area contributed by atoms with Crippen molar-refractivity contribution >= 4 is 27.5 Å².